The van der Waals surface area contributed by atoms with Crippen LogP contribution in [0.4, 0.5) is 0 Å². The molecule has 2 rings (SSSR count). The zero-order chi connectivity index (χ0) is 8.55. The second kappa shape index (κ2) is 3.33. The van der Waals surface area contributed by atoms with E-state index in [4.69, 9.17) is 0 Å². The number of hydrogen-bond donors (Lipinski definition) is 0. The fourth-order valence-electron chi connectivity index (χ4n) is 1.62. The summed E-state index contributed by atoms with van der Waals surface area (Å²) in [5.74, 6) is 0. The fourth-order valence-corrected chi connectivity index (χ4v) is 1.62. The second-order valence-corrected chi connectivity index (χ2v) is 3.24. The molecule has 0 N–H and O–H groups in total. The summed E-state index contributed by atoms with van der Waals surface area (Å²) in [6.45, 7) is 0. The summed E-state index contributed by atoms with van der Waals surface area (Å²) in [6, 6.07) is 12.9. The van der Waals surface area contributed by atoms with Crippen LogP contribution in [0.3, 0.4) is 0 Å². The van der Waals surface area contributed by atoms with Crippen LogP contribution in [0.25, 0.3) is 10.8 Å². The van der Waals surface area contributed by atoms with Crippen LogP contribution in [0.1, 0.15) is 0 Å². The van der Waals surface area contributed by atoms with Gasteiger partial charge >= 0.3 is 91.1 Å². The zero-order valence-corrected chi connectivity index (χ0v) is 7.46. The predicted octanol–water partition coefficient (Wildman–Crippen LogP) is 0.427. The second-order valence-electron chi connectivity index (χ2n) is 3.24. The molecule has 0 saturated carbocycles. The van der Waals surface area contributed by atoms with E-state index in [0.717, 1.165) is 0 Å². The number of rotatable bonds is 0. The normalized spacial score (nSPS) is 10.7. The zero-order valence-electron chi connectivity index (χ0n) is 7.46. The summed E-state index contributed by atoms with van der Waals surface area (Å²) in [5.41, 5.74) is 0. The van der Waals surface area contributed by atoms with Crippen LogP contribution < -0.4 is 8.47 Å². The van der Waals surface area contributed by atoms with Gasteiger partial charge < -0.3 is 0 Å². The maximum absolute atomic E-state index is 2.18. The van der Waals surface area contributed by atoms with Crippen LogP contribution in [-0.4, -0.2) is 35.4 Å². The van der Waals surface area contributed by atoms with Gasteiger partial charge in [0.2, 0.25) is 0 Å². The summed E-state index contributed by atoms with van der Waals surface area (Å²) in [7, 11) is 0. The minimum atomic E-state index is 1.36. The van der Waals surface area contributed by atoms with Crippen LogP contribution in [0.15, 0.2) is 36.4 Å². The van der Waals surface area contributed by atoms with Gasteiger partial charge in [0.05, 0.1) is 0 Å². The molecule has 12 heavy (non-hydrogen) atoms. The fraction of sp³-hybridized carbons (Fsp3) is 0. The van der Waals surface area contributed by atoms with Crippen molar-refractivity contribution in [2.75, 3.05) is 0 Å². The number of hydrogen-bond acceptors (Lipinski definition) is 0. The molecule has 0 atom stereocenters. The standard InChI is InChI=1S/C10H6.2Li/c1-2-6-10-8-4-3-7-9(10)5-1;;/h1-5,8H;;. The van der Waals surface area contributed by atoms with Gasteiger partial charge in [-0.15, -0.1) is 0 Å². The van der Waals surface area contributed by atoms with Crippen LogP contribution in [-0.2, 0) is 0 Å². The Morgan fingerprint density at radius 3 is 1.50 bits per heavy atom. The third-order valence-corrected chi connectivity index (χ3v) is 2.36. The van der Waals surface area contributed by atoms with Crippen molar-refractivity contribution in [3.05, 3.63) is 36.4 Å². The molecule has 0 spiro atoms. The third kappa shape index (κ3) is 1.37. The molecule has 0 radical (unpaired) electrons. The van der Waals surface area contributed by atoms with E-state index >= 15 is 0 Å². The van der Waals surface area contributed by atoms with Gasteiger partial charge in [0.25, 0.3) is 0 Å². The first-order valence-electron chi connectivity index (χ1n) is 4.24. The number of fused-ring (bicyclic) bond motifs is 1. The van der Waals surface area contributed by atoms with Crippen molar-refractivity contribution in [1.29, 1.82) is 0 Å². The van der Waals surface area contributed by atoms with Gasteiger partial charge in [0.15, 0.2) is 0 Å². The molecular weight excluding hydrogens is 134 g/mol. The predicted molar refractivity (Wildman–Crippen MR) is 54.7 cm³/mol. The Hall–Kier alpha value is -0.105. The van der Waals surface area contributed by atoms with E-state index in [2.05, 4.69) is 71.8 Å². The molecule has 0 aliphatic heterocycles. The summed E-state index contributed by atoms with van der Waals surface area (Å²) >= 11 is 4.31. The Labute approximate surface area is 90.8 Å². The Kier molecular flexibility index (Phi) is 2.36. The SMILES string of the molecule is [Li][c]1cccc2[c]([Li])cccc12. The van der Waals surface area contributed by atoms with Gasteiger partial charge in [-0.1, -0.05) is 0 Å². The van der Waals surface area contributed by atoms with E-state index in [9.17, 15) is 0 Å². The molecule has 2 heteroatoms. The van der Waals surface area contributed by atoms with Crippen molar-refractivity contribution in [3.63, 3.8) is 0 Å². The summed E-state index contributed by atoms with van der Waals surface area (Å²) in [4.78, 5) is 0. The van der Waals surface area contributed by atoms with Crippen LogP contribution in [0, 0.1) is 0 Å². The van der Waals surface area contributed by atoms with Gasteiger partial charge in [0.1, 0.15) is 0 Å². The molecule has 2 aromatic carbocycles. The van der Waals surface area contributed by atoms with Crippen molar-refractivity contribution >= 4 is 54.7 Å². The molecule has 2 aromatic rings. The number of benzene rings is 2. The monoisotopic (exact) mass is 140 g/mol. The molecule has 0 aromatic heterocycles. The van der Waals surface area contributed by atoms with Gasteiger partial charge in [-0.2, -0.15) is 0 Å². The molecule has 0 saturated heterocycles. The van der Waals surface area contributed by atoms with Crippen molar-refractivity contribution in [2.24, 2.45) is 0 Å². The average molecular weight is 140 g/mol. The summed E-state index contributed by atoms with van der Waals surface area (Å²) in [6.07, 6.45) is 0. The molecule has 0 aliphatic carbocycles. The average Bonchev–Trinajstić information content (AvgIpc) is 2.07. The van der Waals surface area contributed by atoms with Crippen molar-refractivity contribution in [1.82, 2.24) is 0 Å². The molecule has 0 unspecified atom stereocenters. The molecular formula is C10H6Li2. The quantitative estimate of drug-likeness (QED) is 0.465. The van der Waals surface area contributed by atoms with E-state index in [1.54, 1.807) is 0 Å². The summed E-state index contributed by atoms with van der Waals surface area (Å²) in [5, 5.41) is 2.75. The Morgan fingerprint density at radius 2 is 1.08 bits per heavy atom. The Morgan fingerprint density at radius 1 is 0.667 bits per heavy atom. The minimum absolute atomic E-state index is 1.36. The maximum atomic E-state index is 2.18. The molecule has 0 heterocycles. The first-order valence-corrected chi connectivity index (χ1v) is 4.24. The molecule has 0 nitrogen and oxygen atoms in total. The molecule has 0 amide bonds. The Bertz CT molecular complexity index is 380. The van der Waals surface area contributed by atoms with Gasteiger partial charge in [0, 0.05) is 0 Å². The van der Waals surface area contributed by atoms with E-state index in [0.29, 0.717) is 0 Å². The molecule has 48 valence electrons. The van der Waals surface area contributed by atoms with E-state index < -0.39 is 0 Å². The summed E-state index contributed by atoms with van der Waals surface area (Å²) < 4.78 is 2.72. The first-order chi connectivity index (χ1) is 5.79. The van der Waals surface area contributed by atoms with Gasteiger partial charge in [-0.3, -0.25) is 0 Å². The first kappa shape index (κ1) is 8.49. The molecule has 0 aliphatic rings. The van der Waals surface area contributed by atoms with Crippen LogP contribution >= 0.6 is 0 Å². The van der Waals surface area contributed by atoms with Crippen molar-refractivity contribution in [3.8, 4) is 0 Å². The van der Waals surface area contributed by atoms with Crippen molar-refractivity contribution in [2.45, 2.75) is 0 Å². The van der Waals surface area contributed by atoms with E-state index in [1.807, 2.05) is 0 Å². The Balaban J connectivity index is 2.94. The molecule has 0 fully saturated rings. The van der Waals surface area contributed by atoms with E-state index in [1.165, 1.54) is 19.2 Å². The third-order valence-electron chi connectivity index (χ3n) is 2.36. The topological polar surface area (TPSA) is 0 Å². The van der Waals surface area contributed by atoms with Crippen LogP contribution in [0.5, 0.6) is 0 Å². The van der Waals surface area contributed by atoms with Crippen LogP contribution in [0.2, 0.25) is 0 Å². The van der Waals surface area contributed by atoms with E-state index in [-0.39, 0.29) is 0 Å². The molecule has 0 bridgehead atoms. The van der Waals surface area contributed by atoms with Gasteiger partial charge in [-0.05, 0) is 0 Å². The van der Waals surface area contributed by atoms with Gasteiger partial charge in [-0.25, -0.2) is 0 Å². The van der Waals surface area contributed by atoms with Crippen molar-refractivity contribution < 1.29 is 0 Å².